The van der Waals surface area contributed by atoms with Crippen molar-refractivity contribution in [2.75, 3.05) is 38.1 Å². The largest absolute Gasteiger partial charge is 0.369 e. The van der Waals surface area contributed by atoms with Gasteiger partial charge in [0.1, 0.15) is 12.1 Å². The van der Waals surface area contributed by atoms with Crippen molar-refractivity contribution in [1.82, 2.24) is 26.2 Å². The number of hydrogen-bond acceptors (Lipinski definition) is 7. The number of nitrogens with one attached hydrogen (secondary N) is 4. The van der Waals surface area contributed by atoms with Crippen molar-refractivity contribution < 1.29 is 24.0 Å². The molecule has 1 aliphatic rings. The standard InChI is InChI=1S/C34H48N6O5/c1-22(2)27(28(41)32(44)35-21-24-12-11-15-26(20-24)40-18-16-39(7)17-19-40)37-30(42)23(3)36-33(45)29(34(4,5)6)38-31(43)25-13-9-8-10-14-25/h8-15,20,22-23,27,29H,16-19,21H2,1-7H3,(H,35,44)(H,36,45)(H,37,42)(H,38,43). The summed E-state index contributed by atoms with van der Waals surface area (Å²) in [5.74, 6) is -3.53. The number of likely N-dealkylation sites (N-methyl/N-ethyl adjacent to an activating group) is 1. The summed E-state index contributed by atoms with van der Waals surface area (Å²) in [5.41, 5.74) is 1.67. The Morgan fingerprint density at radius 3 is 2.04 bits per heavy atom. The number of carbonyl (C=O) groups excluding carboxylic acids is 5. The van der Waals surface area contributed by atoms with Gasteiger partial charge in [0, 0.05) is 44.0 Å². The Morgan fingerprint density at radius 1 is 0.800 bits per heavy atom. The maximum absolute atomic E-state index is 13.3. The van der Waals surface area contributed by atoms with Crippen molar-refractivity contribution in [2.24, 2.45) is 11.3 Å². The predicted molar refractivity (Wildman–Crippen MR) is 175 cm³/mol. The van der Waals surface area contributed by atoms with Crippen molar-refractivity contribution in [3.05, 3.63) is 65.7 Å². The van der Waals surface area contributed by atoms with Gasteiger partial charge in [-0.25, -0.2) is 0 Å². The molecule has 11 nitrogen and oxygen atoms in total. The van der Waals surface area contributed by atoms with Crippen molar-refractivity contribution in [3.8, 4) is 0 Å². The summed E-state index contributed by atoms with van der Waals surface area (Å²) >= 11 is 0. The van der Waals surface area contributed by atoms with E-state index >= 15 is 0 Å². The van der Waals surface area contributed by atoms with E-state index in [0.717, 1.165) is 37.4 Å². The number of hydrogen-bond donors (Lipinski definition) is 4. The second-order valence-electron chi connectivity index (χ2n) is 13.1. The predicted octanol–water partition coefficient (Wildman–Crippen LogP) is 2.11. The van der Waals surface area contributed by atoms with Gasteiger partial charge in [0.15, 0.2) is 0 Å². The molecule has 3 rings (SSSR count). The third-order valence-electron chi connectivity index (χ3n) is 7.89. The molecule has 0 bridgehead atoms. The molecular weight excluding hydrogens is 572 g/mol. The van der Waals surface area contributed by atoms with E-state index < -0.39 is 53.0 Å². The Labute approximate surface area is 266 Å². The number of amides is 4. The SMILES string of the molecule is CC(NC(=O)C(NC(=O)c1ccccc1)C(C)(C)C)C(=O)NC(C(=O)C(=O)NCc1cccc(N2CCN(C)CC2)c1)C(C)C. The fourth-order valence-electron chi connectivity index (χ4n) is 4.99. The number of ketones is 1. The van der Waals surface area contributed by atoms with Gasteiger partial charge in [-0.1, -0.05) is 65.0 Å². The quantitative estimate of drug-likeness (QED) is 0.267. The van der Waals surface area contributed by atoms with E-state index in [1.54, 1.807) is 44.2 Å². The summed E-state index contributed by atoms with van der Waals surface area (Å²) < 4.78 is 0. The fourth-order valence-corrected chi connectivity index (χ4v) is 4.99. The van der Waals surface area contributed by atoms with Gasteiger partial charge in [0.05, 0.1) is 6.04 Å². The highest BCUT2D eigenvalue weighted by Crippen LogP contribution is 2.21. The van der Waals surface area contributed by atoms with Crippen molar-refractivity contribution in [3.63, 3.8) is 0 Å². The minimum absolute atomic E-state index is 0.167. The average Bonchev–Trinajstić information content (AvgIpc) is 3.00. The van der Waals surface area contributed by atoms with E-state index in [4.69, 9.17) is 0 Å². The molecule has 4 N–H and O–H groups in total. The van der Waals surface area contributed by atoms with Crippen LogP contribution in [0.3, 0.4) is 0 Å². The average molecular weight is 621 g/mol. The first kappa shape index (κ1) is 35.2. The lowest BCUT2D eigenvalue weighted by Gasteiger charge is -2.34. The Hall–Kier alpha value is -4.25. The first-order valence-electron chi connectivity index (χ1n) is 15.5. The molecule has 0 spiro atoms. The van der Waals surface area contributed by atoms with E-state index in [1.807, 2.05) is 45.0 Å². The van der Waals surface area contributed by atoms with Gasteiger partial charge in [-0.2, -0.15) is 0 Å². The third kappa shape index (κ3) is 10.1. The van der Waals surface area contributed by atoms with Crippen LogP contribution in [0, 0.1) is 11.3 Å². The van der Waals surface area contributed by atoms with Gasteiger partial charge in [-0.15, -0.1) is 0 Å². The van der Waals surface area contributed by atoms with Crippen LogP contribution in [0.5, 0.6) is 0 Å². The van der Waals surface area contributed by atoms with Gasteiger partial charge in [-0.3, -0.25) is 24.0 Å². The highest BCUT2D eigenvalue weighted by molar-refractivity contribution is 6.38. The van der Waals surface area contributed by atoms with Crippen LogP contribution >= 0.6 is 0 Å². The van der Waals surface area contributed by atoms with Gasteiger partial charge in [0.2, 0.25) is 17.6 Å². The zero-order chi connectivity index (χ0) is 33.3. The number of anilines is 1. The normalized spacial score (nSPS) is 15.9. The van der Waals surface area contributed by atoms with E-state index in [0.29, 0.717) is 5.56 Å². The number of rotatable bonds is 12. The molecule has 0 saturated carbocycles. The summed E-state index contributed by atoms with van der Waals surface area (Å²) in [4.78, 5) is 69.8. The fraction of sp³-hybridized carbons (Fsp3) is 0.500. The van der Waals surface area contributed by atoms with Crippen LogP contribution < -0.4 is 26.2 Å². The Morgan fingerprint density at radius 2 is 1.44 bits per heavy atom. The lowest BCUT2D eigenvalue weighted by Crippen LogP contribution is -2.59. The van der Waals surface area contributed by atoms with Crippen LogP contribution in [0.1, 0.15) is 57.5 Å². The number of nitrogens with zero attached hydrogens (tertiary/aromatic N) is 2. The summed E-state index contributed by atoms with van der Waals surface area (Å²) in [6.45, 7) is 14.3. The number of piperazine rings is 1. The Kier molecular flexibility index (Phi) is 12.3. The van der Waals surface area contributed by atoms with E-state index in [-0.39, 0.29) is 12.5 Å². The van der Waals surface area contributed by atoms with Gasteiger partial charge < -0.3 is 31.1 Å². The molecule has 1 fully saturated rings. The minimum atomic E-state index is -1.09. The van der Waals surface area contributed by atoms with E-state index in [9.17, 15) is 24.0 Å². The Balaban J connectivity index is 1.58. The van der Waals surface area contributed by atoms with Crippen LogP contribution in [0.15, 0.2) is 54.6 Å². The summed E-state index contributed by atoms with van der Waals surface area (Å²) in [6, 6.07) is 13.3. The smallest absolute Gasteiger partial charge is 0.289 e. The van der Waals surface area contributed by atoms with Crippen LogP contribution in [0.25, 0.3) is 0 Å². The second kappa shape index (κ2) is 15.7. The molecule has 2 aromatic carbocycles. The van der Waals surface area contributed by atoms with Crippen LogP contribution in [0.2, 0.25) is 0 Å². The molecule has 3 atom stereocenters. The van der Waals surface area contributed by atoms with Crippen LogP contribution in [0.4, 0.5) is 5.69 Å². The summed E-state index contributed by atoms with van der Waals surface area (Å²) in [7, 11) is 2.10. The second-order valence-corrected chi connectivity index (χ2v) is 13.1. The monoisotopic (exact) mass is 620 g/mol. The molecule has 244 valence electrons. The molecular formula is C34H48N6O5. The molecule has 3 unspecified atom stereocenters. The molecule has 0 aliphatic carbocycles. The zero-order valence-electron chi connectivity index (χ0n) is 27.5. The highest BCUT2D eigenvalue weighted by Gasteiger charge is 2.36. The molecule has 1 heterocycles. The minimum Gasteiger partial charge on any atom is -0.369 e. The maximum atomic E-state index is 13.3. The van der Waals surface area contributed by atoms with Crippen molar-refractivity contribution in [1.29, 1.82) is 0 Å². The van der Waals surface area contributed by atoms with E-state index in [1.165, 1.54) is 6.92 Å². The number of carbonyl (C=O) groups is 5. The molecule has 1 saturated heterocycles. The summed E-state index contributed by atoms with van der Waals surface area (Å²) in [6.07, 6.45) is 0. The topological polar surface area (TPSA) is 140 Å². The first-order chi connectivity index (χ1) is 21.2. The number of Topliss-reactive ketones (excluding diaryl/α,β-unsaturated/α-hetero) is 1. The lowest BCUT2D eigenvalue weighted by atomic mass is 9.85. The van der Waals surface area contributed by atoms with E-state index in [2.05, 4.69) is 38.1 Å². The first-order valence-corrected chi connectivity index (χ1v) is 15.5. The van der Waals surface area contributed by atoms with Crippen LogP contribution in [-0.4, -0.2) is 85.7 Å². The molecule has 4 amide bonds. The number of benzene rings is 2. The molecule has 11 heteroatoms. The highest BCUT2D eigenvalue weighted by atomic mass is 16.2. The van der Waals surface area contributed by atoms with Crippen LogP contribution in [-0.2, 0) is 25.7 Å². The van der Waals surface area contributed by atoms with Crippen molar-refractivity contribution in [2.45, 2.75) is 66.2 Å². The molecule has 45 heavy (non-hydrogen) atoms. The maximum Gasteiger partial charge on any atom is 0.289 e. The van der Waals surface area contributed by atoms with Gasteiger partial charge >= 0.3 is 0 Å². The molecule has 0 aromatic heterocycles. The molecule has 1 aliphatic heterocycles. The zero-order valence-corrected chi connectivity index (χ0v) is 27.5. The van der Waals surface area contributed by atoms with Gasteiger partial charge in [-0.05, 0) is 55.1 Å². The Bertz CT molecular complexity index is 1350. The summed E-state index contributed by atoms with van der Waals surface area (Å²) in [5, 5.41) is 10.8. The third-order valence-corrected chi connectivity index (χ3v) is 7.89. The van der Waals surface area contributed by atoms with Crippen molar-refractivity contribution >= 4 is 35.1 Å². The lowest BCUT2D eigenvalue weighted by molar-refractivity contribution is -0.141. The molecule has 2 aromatic rings. The molecule has 0 radical (unpaired) electrons. The van der Waals surface area contributed by atoms with Gasteiger partial charge in [0.25, 0.3) is 11.8 Å².